The van der Waals surface area contributed by atoms with Crippen molar-refractivity contribution in [3.63, 3.8) is 0 Å². The van der Waals surface area contributed by atoms with Crippen molar-refractivity contribution in [2.45, 2.75) is 43.8 Å². The Morgan fingerprint density at radius 3 is 2.77 bits per heavy atom. The van der Waals surface area contributed by atoms with Crippen molar-refractivity contribution in [3.8, 4) is 0 Å². The number of ether oxygens (including phenoxy) is 1. The zero-order valence-electron chi connectivity index (χ0n) is 13.2. The number of rotatable bonds is 3. The van der Waals surface area contributed by atoms with E-state index in [1.54, 1.807) is 45.3 Å². The summed E-state index contributed by atoms with van der Waals surface area (Å²) in [5, 5.41) is -0.541. The van der Waals surface area contributed by atoms with Crippen LogP contribution in [-0.2, 0) is 20.3 Å². The number of nitrogens with zero attached hydrogens (tertiary/aromatic N) is 2. The average Bonchev–Trinajstić information content (AvgIpc) is 2.87. The molecule has 0 radical (unpaired) electrons. The molecule has 0 aromatic carbocycles. The summed E-state index contributed by atoms with van der Waals surface area (Å²) in [5.41, 5.74) is 0.0854. The fourth-order valence-corrected chi connectivity index (χ4v) is 4.09. The lowest BCUT2D eigenvalue weighted by Crippen LogP contribution is -2.36. The number of carbonyl (C=O) groups excluding carboxylic acids is 1. The summed E-state index contributed by atoms with van der Waals surface area (Å²) in [6, 6.07) is 3.46. The van der Waals surface area contributed by atoms with Crippen molar-refractivity contribution < 1.29 is 17.9 Å². The van der Waals surface area contributed by atoms with Crippen molar-refractivity contribution in [2.24, 2.45) is 0 Å². The molecule has 1 aliphatic rings. The summed E-state index contributed by atoms with van der Waals surface area (Å²) in [4.78, 5) is 17.4. The first-order valence-corrected chi connectivity index (χ1v) is 8.97. The molecule has 0 aliphatic carbocycles. The highest BCUT2D eigenvalue weighted by Gasteiger charge is 2.36. The van der Waals surface area contributed by atoms with E-state index in [-0.39, 0.29) is 12.3 Å². The van der Waals surface area contributed by atoms with Crippen LogP contribution < -0.4 is 0 Å². The van der Waals surface area contributed by atoms with Gasteiger partial charge in [0.25, 0.3) is 0 Å². The number of pyridine rings is 1. The number of aromatic nitrogens is 1. The van der Waals surface area contributed by atoms with Crippen LogP contribution in [0.4, 0.5) is 4.79 Å². The number of hydrogen-bond donors (Lipinski definition) is 0. The standard InChI is InChI=1S/C15H22N2O4S/c1-15(2,3)21-14(18)17-8-6-13(10-17)22(19,20)11-12-5-4-7-16-9-12/h4-5,7,9,13H,6,8,10-11H2,1-3H3/t13-/m1/s1. The van der Waals surface area contributed by atoms with Gasteiger partial charge in [-0.25, -0.2) is 13.2 Å². The quantitative estimate of drug-likeness (QED) is 0.849. The maximum atomic E-state index is 12.4. The van der Waals surface area contributed by atoms with Gasteiger partial charge in [0.05, 0.1) is 11.0 Å². The van der Waals surface area contributed by atoms with Crippen LogP contribution in [0.5, 0.6) is 0 Å². The van der Waals surface area contributed by atoms with Gasteiger partial charge in [0.15, 0.2) is 9.84 Å². The number of sulfone groups is 1. The Labute approximate surface area is 131 Å². The molecule has 22 heavy (non-hydrogen) atoms. The molecule has 1 amide bonds. The fraction of sp³-hybridized carbons (Fsp3) is 0.600. The van der Waals surface area contributed by atoms with Crippen LogP contribution in [-0.4, -0.2) is 48.3 Å². The molecule has 1 aromatic rings. The molecule has 1 aliphatic heterocycles. The zero-order valence-corrected chi connectivity index (χ0v) is 14.0. The van der Waals surface area contributed by atoms with Gasteiger partial charge in [0, 0.05) is 25.5 Å². The highest BCUT2D eigenvalue weighted by Crippen LogP contribution is 2.22. The lowest BCUT2D eigenvalue weighted by molar-refractivity contribution is 0.0295. The summed E-state index contributed by atoms with van der Waals surface area (Å²) >= 11 is 0. The van der Waals surface area contributed by atoms with E-state index in [1.807, 2.05) is 0 Å². The van der Waals surface area contributed by atoms with Crippen molar-refractivity contribution in [3.05, 3.63) is 30.1 Å². The number of amides is 1. The van der Waals surface area contributed by atoms with Gasteiger partial charge in [-0.15, -0.1) is 0 Å². The summed E-state index contributed by atoms with van der Waals surface area (Å²) in [7, 11) is -3.31. The van der Waals surface area contributed by atoms with Crippen LogP contribution in [0.15, 0.2) is 24.5 Å². The topological polar surface area (TPSA) is 76.6 Å². The molecule has 0 bridgehead atoms. The Hall–Kier alpha value is -1.63. The molecule has 1 atom stereocenters. The molecule has 0 spiro atoms. The van der Waals surface area contributed by atoms with E-state index in [9.17, 15) is 13.2 Å². The second-order valence-electron chi connectivity index (χ2n) is 6.51. The van der Waals surface area contributed by atoms with Crippen molar-refractivity contribution in [1.82, 2.24) is 9.88 Å². The highest BCUT2D eigenvalue weighted by molar-refractivity contribution is 7.91. The molecule has 0 unspecified atom stereocenters. The Bertz CT molecular complexity index is 623. The van der Waals surface area contributed by atoms with E-state index in [2.05, 4.69) is 4.98 Å². The molecule has 122 valence electrons. The first-order chi connectivity index (χ1) is 10.2. The second kappa shape index (κ2) is 6.24. The van der Waals surface area contributed by atoms with Gasteiger partial charge in [-0.3, -0.25) is 4.98 Å². The average molecular weight is 326 g/mol. The van der Waals surface area contributed by atoms with E-state index in [4.69, 9.17) is 4.74 Å². The smallest absolute Gasteiger partial charge is 0.410 e. The molecule has 2 rings (SSSR count). The third-order valence-electron chi connectivity index (χ3n) is 3.40. The van der Waals surface area contributed by atoms with E-state index >= 15 is 0 Å². The van der Waals surface area contributed by atoms with Gasteiger partial charge in [-0.05, 0) is 38.8 Å². The summed E-state index contributed by atoms with van der Waals surface area (Å²) in [5.74, 6) is -0.0480. The van der Waals surface area contributed by atoms with Crippen LogP contribution >= 0.6 is 0 Å². The molecule has 1 fully saturated rings. The van der Waals surface area contributed by atoms with E-state index in [0.717, 1.165) is 0 Å². The third-order valence-corrected chi connectivity index (χ3v) is 5.53. The summed E-state index contributed by atoms with van der Waals surface area (Å²) < 4.78 is 30.2. The number of carbonyl (C=O) groups is 1. The molecular weight excluding hydrogens is 304 g/mol. The number of likely N-dealkylation sites (tertiary alicyclic amines) is 1. The number of hydrogen-bond acceptors (Lipinski definition) is 5. The Kier molecular flexibility index (Phi) is 4.75. The molecule has 7 heteroatoms. The van der Waals surface area contributed by atoms with Gasteiger partial charge in [0.1, 0.15) is 5.60 Å². The van der Waals surface area contributed by atoms with Crippen LogP contribution in [0.1, 0.15) is 32.8 Å². The normalized spacial score (nSPS) is 19.2. The van der Waals surface area contributed by atoms with Crippen LogP contribution in [0.25, 0.3) is 0 Å². The maximum Gasteiger partial charge on any atom is 0.410 e. The van der Waals surface area contributed by atoms with E-state index in [1.165, 1.54) is 4.90 Å². The minimum atomic E-state index is -3.31. The predicted octanol–water partition coefficient (Wildman–Crippen LogP) is 2.01. The highest BCUT2D eigenvalue weighted by atomic mass is 32.2. The summed E-state index contributed by atoms with van der Waals surface area (Å²) in [6.07, 6.45) is 3.15. The fourth-order valence-electron chi connectivity index (χ4n) is 2.35. The molecule has 0 N–H and O–H groups in total. The molecule has 1 saturated heterocycles. The van der Waals surface area contributed by atoms with Crippen LogP contribution in [0.2, 0.25) is 0 Å². The lowest BCUT2D eigenvalue weighted by Gasteiger charge is -2.24. The van der Waals surface area contributed by atoms with Crippen molar-refractivity contribution >= 4 is 15.9 Å². The van der Waals surface area contributed by atoms with Crippen LogP contribution in [0, 0.1) is 0 Å². The Morgan fingerprint density at radius 2 is 2.18 bits per heavy atom. The maximum absolute atomic E-state index is 12.4. The van der Waals surface area contributed by atoms with Gasteiger partial charge in [0.2, 0.25) is 0 Å². The van der Waals surface area contributed by atoms with Gasteiger partial charge >= 0.3 is 6.09 Å². The Balaban J connectivity index is 1.99. The summed E-state index contributed by atoms with van der Waals surface area (Å²) in [6.45, 7) is 5.97. The second-order valence-corrected chi connectivity index (χ2v) is 8.79. The minimum Gasteiger partial charge on any atom is -0.444 e. The van der Waals surface area contributed by atoms with Crippen molar-refractivity contribution in [1.29, 1.82) is 0 Å². The molecule has 1 aromatic heterocycles. The van der Waals surface area contributed by atoms with Gasteiger partial charge in [-0.1, -0.05) is 6.07 Å². The predicted molar refractivity (Wildman–Crippen MR) is 83.1 cm³/mol. The van der Waals surface area contributed by atoms with Gasteiger partial charge in [-0.2, -0.15) is 0 Å². The Morgan fingerprint density at radius 1 is 1.45 bits per heavy atom. The van der Waals surface area contributed by atoms with Gasteiger partial charge < -0.3 is 9.64 Å². The third kappa shape index (κ3) is 4.43. The lowest BCUT2D eigenvalue weighted by atomic mass is 10.2. The monoisotopic (exact) mass is 326 g/mol. The van der Waals surface area contributed by atoms with Crippen LogP contribution in [0.3, 0.4) is 0 Å². The largest absolute Gasteiger partial charge is 0.444 e. The van der Waals surface area contributed by atoms with E-state index < -0.39 is 26.8 Å². The molecule has 2 heterocycles. The minimum absolute atomic E-state index is 0.0480. The van der Waals surface area contributed by atoms with Crippen molar-refractivity contribution in [2.75, 3.05) is 13.1 Å². The zero-order chi connectivity index (χ0) is 16.4. The molecular formula is C15H22N2O4S. The first kappa shape index (κ1) is 16.7. The SMILES string of the molecule is CC(C)(C)OC(=O)N1CC[C@@H](S(=O)(=O)Cc2cccnc2)C1. The molecule has 6 nitrogen and oxygen atoms in total. The molecule has 0 saturated carbocycles. The van der Waals surface area contributed by atoms with E-state index in [0.29, 0.717) is 18.5 Å². The first-order valence-electron chi connectivity index (χ1n) is 7.26.